The first-order valence-electron chi connectivity index (χ1n) is 12.2. The van der Waals surface area contributed by atoms with E-state index >= 15 is 0 Å². The number of carbonyl (C=O) groups excluding carboxylic acids is 1. The average Bonchev–Trinajstić information content (AvgIpc) is 2.71. The molecule has 1 aliphatic carbocycles. The maximum absolute atomic E-state index is 12.4. The fourth-order valence-electron chi connectivity index (χ4n) is 4.47. The Morgan fingerprint density at radius 1 is 1.07 bits per heavy atom. The molecule has 0 spiro atoms. The second kappa shape index (κ2) is 13.8. The highest BCUT2D eigenvalue weighted by atomic mass is 16.1. The van der Waals surface area contributed by atoms with Gasteiger partial charge >= 0.3 is 0 Å². The monoisotopic (exact) mass is 407 g/mol. The van der Waals surface area contributed by atoms with E-state index in [1.807, 2.05) is 13.8 Å². The predicted octanol–water partition coefficient (Wildman–Crippen LogP) is 3.28. The minimum Gasteiger partial charge on any atom is -0.357 e. The first kappa shape index (κ1) is 24.0. The molecule has 0 aromatic carbocycles. The van der Waals surface area contributed by atoms with Gasteiger partial charge in [-0.25, -0.2) is 0 Å². The quantitative estimate of drug-likeness (QED) is 0.295. The smallest absolute Gasteiger partial charge is 0.223 e. The summed E-state index contributed by atoms with van der Waals surface area (Å²) in [6, 6.07) is 0.549. The lowest BCUT2D eigenvalue weighted by Gasteiger charge is -2.30. The molecule has 2 atom stereocenters. The van der Waals surface area contributed by atoms with Crippen molar-refractivity contribution in [1.29, 1.82) is 0 Å². The van der Waals surface area contributed by atoms with Gasteiger partial charge in [-0.05, 0) is 85.4 Å². The summed E-state index contributed by atoms with van der Waals surface area (Å²) >= 11 is 0. The van der Waals surface area contributed by atoms with Crippen LogP contribution in [0.1, 0.15) is 85.0 Å². The molecule has 1 saturated carbocycles. The summed E-state index contributed by atoms with van der Waals surface area (Å²) < 4.78 is 0. The van der Waals surface area contributed by atoms with E-state index in [0.717, 1.165) is 51.2 Å². The van der Waals surface area contributed by atoms with Gasteiger partial charge in [0.2, 0.25) is 5.91 Å². The number of nitrogens with zero attached hydrogens (tertiary/aromatic N) is 2. The van der Waals surface area contributed by atoms with Gasteiger partial charge in [0.15, 0.2) is 5.96 Å². The number of hydrogen-bond acceptors (Lipinski definition) is 3. The zero-order valence-electron chi connectivity index (χ0n) is 19.1. The Balaban J connectivity index is 1.68. The lowest BCUT2D eigenvalue weighted by molar-refractivity contribution is -0.126. The first-order valence-corrected chi connectivity index (χ1v) is 12.2. The Morgan fingerprint density at radius 2 is 1.86 bits per heavy atom. The summed E-state index contributed by atoms with van der Waals surface area (Å²) in [6.45, 7) is 11.7. The molecule has 1 aliphatic heterocycles. The minimum atomic E-state index is 0.126. The Bertz CT molecular complexity index is 488. The second-order valence-corrected chi connectivity index (χ2v) is 9.09. The third-order valence-corrected chi connectivity index (χ3v) is 6.01. The summed E-state index contributed by atoms with van der Waals surface area (Å²) in [5.41, 5.74) is 0. The zero-order chi connectivity index (χ0) is 20.9. The van der Waals surface area contributed by atoms with Gasteiger partial charge in [0.25, 0.3) is 0 Å². The van der Waals surface area contributed by atoms with E-state index in [9.17, 15) is 4.79 Å². The molecular formula is C23H45N5O. The number of likely N-dealkylation sites (tertiary alicyclic amines) is 1. The van der Waals surface area contributed by atoms with Crippen molar-refractivity contribution in [2.75, 3.05) is 32.7 Å². The van der Waals surface area contributed by atoms with E-state index in [0.29, 0.717) is 6.04 Å². The van der Waals surface area contributed by atoms with Crippen LogP contribution in [0.5, 0.6) is 0 Å². The summed E-state index contributed by atoms with van der Waals surface area (Å²) in [4.78, 5) is 19.8. The number of guanidine groups is 1. The van der Waals surface area contributed by atoms with Crippen molar-refractivity contribution in [2.45, 2.75) is 97.1 Å². The zero-order valence-corrected chi connectivity index (χ0v) is 19.1. The van der Waals surface area contributed by atoms with Crippen LogP contribution in [0.15, 0.2) is 4.99 Å². The summed E-state index contributed by atoms with van der Waals surface area (Å²) in [7, 11) is 0. The van der Waals surface area contributed by atoms with Gasteiger partial charge in [-0.15, -0.1) is 0 Å². The van der Waals surface area contributed by atoms with Gasteiger partial charge in [-0.1, -0.05) is 19.3 Å². The highest BCUT2D eigenvalue weighted by Crippen LogP contribution is 2.24. The standard InChI is InChI=1S/C23H45N5O/c1-4-24-23(25-14-7-5-8-15-28-16-9-6-10-17-28)27-21-13-11-12-20(18-21)22(29)26-19(2)3/h19-21H,4-18H2,1-3H3,(H,26,29)(H2,24,25,27). The van der Waals surface area contributed by atoms with E-state index in [1.165, 1.54) is 51.7 Å². The van der Waals surface area contributed by atoms with E-state index in [-0.39, 0.29) is 17.9 Å². The van der Waals surface area contributed by atoms with Crippen molar-refractivity contribution in [3.63, 3.8) is 0 Å². The summed E-state index contributed by atoms with van der Waals surface area (Å²) in [5, 5.41) is 10.0. The number of rotatable bonds is 10. The van der Waals surface area contributed by atoms with Crippen molar-refractivity contribution in [1.82, 2.24) is 20.9 Å². The Labute approximate surface area is 178 Å². The molecule has 1 heterocycles. The molecule has 2 unspecified atom stereocenters. The Hall–Kier alpha value is -1.30. The van der Waals surface area contributed by atoms with Crippen LogP contribution in [0.25, 0.3) is 0 Å². The number of nitrogens with one attached hydrogen (secondary N) is 3. The number of amides is 1. The molecule has 0 aromatic rings. The number of piperidine rings is 1. The van der Waals surface area contributed by atoms with Crippen LogP contribution in [0.3, 0.4) is 0 Å². The van der Waals surface area contributed by atoms with Crippen LogP contribution < -0.4 is 16.0 Å². The molecule has 168 valence electrons. The maximum Gasteiger partial charge on any atom is 0.223 e. The minimum absolute atomic E-state index is 0.126. The van der Waals surface area contributed by atoms with Crippen LogP contribution in [0, 0.1) is 5.92 Å². The molecule has 2 aliphatic rings. The van der Waals surface area contributed by atoms with E-state index in [4.69, 9.17) is 4.99 Å². The number of carbonyl (C=O) groups is 1. The van der Waals surface area contributed by atoms with Crippen LogP contribution in [0.4, 0.5) is 0 Å². The third kappa shape index (κ3) is 9.83. The van der Waals surface area contributed by atoms with Crippen molar-refractivity contribution < 1.29 is 4.79 Å². The Kier molecular flexibility index (Phi) is 11.4. The maximum atomic E-state index is 12.4. The molecular weight excluding hydrogens is 362 g/mol. The molecule has 29 heavy (non-hydrogen) atoms. The highest BCUT2D eigenvalue weighted by Gasteiger charge is 2.27. The molecule has 0 aromatic heterocycles. The van der Waals surface area contributed by atoms with E-state index < -0.39 is 0 Å². The van der Waals surface area contributed by atoms with Crippen molar-refractivity contribution in [3.05, 3.63) is 0 Å². The molecule has 0 radical (unpaired) electrons. The SMILES string of the molecule is CCNC(=NCCCCCN1CCCCC1)NC1CCCC(C(=O)NC(C)C)C1. The predicted molar refractivity (Wildman–Crippen MR) is 122 cm³/mol. The van der Waals surface area contributed by atoms with Crippen molar-refractivity contribution >= 4 is 11.9 Å². The number of unbranched alkanes of at least 4 members (excludes halogenated alkanes) is 2. The van der Waals surface area contributed by atoms with Gasteiger partial charge in [-0.2, -0.15) is 0 Å². The van der Waals surface area contributed by atoms with Crippen LogP contribution in [-0.2, 0) is 4.79 Å². The second-order valence-electron chi connectivity index (χ2n) is 9.09. The van der Waals surface area contributed by atoms with Crippen LogP contribution >= 0.6 is 0 Å². The van der Waals surface area contributed by atoms with Crippen molar-refractivity contribution in [3.8, 4) is 0 Å². The highest BCUT2D eigenvalue weighted by molar-refractivity contribution is 5.81. The van der Waals surface area contributed by atoms with Crippen molar-refractivity contribution in [2.24, 2.45) is 10.9 Å². The number of aliphatic imine (C=N–C) groups is 1. The van der Waals surface area contributed by atoms with Gasteiger partial charge in [-0.3, -0.25) is 9.79 Å². The summed E-state index contributed by atoms with van der Waals surface area (Å²) in [5.74, 6) is 1.25. The third-order valence-electron chi connectivity index (χ3n) is 6.01. The molecule has 1 saturated heterocycles. The molecule has 2 fully saturated rings. The van der Waals surface area contributed by atoms with Crippen LogP contribution in [-0.4, -0.2) is 61.6 Å². The molecule has 3 N–H and O–H groups in total. The average molecular weight is 408 g/mol. The van der Waals surface area contributed by atoms with Crippen LogP contribution in [0.2, 0.25) is 0 Å². The summed E-state index contributed by atoms with van der Waals surface area (Å²) in [6.07, 6.45) is 12.0. The first-order chi connectivity index (χ1) is 14.1. The molecule has 2 rings (SSSR count). The molecule has 6 heteroatoms. The molecule has 0 bridgehead atoms. The van der Waals surface area contributed by atoms with Gasteiger partial charge in [0, 0.05) is 31.1 Å². The lowest BCUT2D eigenvalue weighted by atomic mass is 9.85. The van der Waals surface area contributed by atoms with E-state index in [2.05, 4.69) is 27.8 Å². The largest absolute Gasteiger partial charge is 0.357 e. The molecule has 1 amide bonds. The Morgan fingerprint density at radius 3 is 2.59 bits per heavy atom. The topological polar surface area (TPSA) is 68.8 Å². The fraction of sp³-hybridized carbons (Fsp3) is 0.913. The molecule has 6 nitrogen and oxygen atoms in total. The lowest BCUT2D eigenvalue weighted by Crippen LogP contribution is -2.47. The normalized spacial score (nSPS) is 23.8. The van der Waals surface area contributed by atoms with Gasteiger partial charge < -0.3 is 20.9 Å². The number of hydrogen-bond donors (Lipinski definition) is 3. The van der Waals surface area contributed by atoms with E-state index in [1.54, 1.807) is 0 Å². The fourth-order valence-corrected chi connectivity index (χ4v) is 4.47. The van der Waals surface area contributed by atoms with Gasteiger partial charge in [0.1, 0.15) is 0 Å². The van der Waals surface area contributed by atoms with Gasteiger partial charge in [0.05, 0.1) is 0 Å².